The Balaban J connectivity index is 1.91. The first-order chi connectivity index (χ1) is 8.81. The third-order valence-electron chi connectivity index (χ3n) is 2.65. The number of hydrogen-bond donors (Lipinski definition) is 0. The van der Waals surface area contributed by atoms with E-state index in [9.17, 15) is 0 Å². The summed E-state index contributed by atoms with van der Waals surface area (Å²) in [5, 5.41) is 8.59. The predicted molar refractivity (Wildman–Crippen MR) is 73.8 cm³/mol. The topological polar surface area (TPSA) is 33.0 Å². The minimum absolute atomic E-state index is 0.449. The van der Waals surface area contributed by atoms with Crippen LogP contribution in [0.1, 0.15) is 22.2 Å². The van der Waals surface area contributed by atoms with Crippen LogP contribution in [0.5, 0.6) is 5.75 Å². The Hall–Kier alpha value is -1.79. The van der Waals surface area contributed by atoms with Gasteiger partial charge in [0.1, 0.15) is 12.4 Å². The van der Waals surface area contributed by atoms with E-state index in [1.807, 2.05) is 24.3 Å². The van der Waals surface area contributed by atoms with Crippen LogP contribution >= 0.6 is 11.3 Å². The molecule has 0 amide bonds. The van der Waals surface area contributed by atoms with E-state index < -0.39 is 0 Å². The summed E-state index contributed by atoms with van der Waals surface area (Å²) in [6.45, 7) is 2.77. The van der Waals surface area contributed by atoms with Crippen molar-refractivity contribution in [3.8, 4) is 11.8 Å². The number of hydrogen-bond acceptors (Lipinski definition) is 3. The number of nitrogens with zero attached hydrogens (tertiary/aromatic N) is 1. The van der Waals surface area contributed by atoms with Gasteiger partial charge in [-0.05, 0) is 36.2 Å². The lowest BCUT2D eigenvalue weighted by Crippen LogP contribution is -1.92. The van der Waals surface area contributed by atoms with E-state index in [0.717, 1.165) is 17.7 Å². The smallest absolute Gasteiger partial charge is 0.122 e. The molecular weight excluding hydrogens is 242 g/mol. The lowest BCUT2D eigenvalue weighted by molar-refractivity contribution is 0.310. The van der Waals surface area contributed by atoms with Gasteiger partial charge < -0.3 is 4.74 Å². The molecule has 18 heavy (non-hydrogen) atoms. The van der Waals surface area contributed by atoms with Gasteiger partial charge in [-0.2, -0.15) is 5.26 Å². The molecule has 2 rings (SSSR count). The molecule has 0 atom stereocenters. The van der Waals surface area contributed by atoms with Crippen LogP contribution in [0.25, 0.3) is 0 Å². The minimum atomic E-state index is 0.449. The van der Waals surface area contributed by atoms with Crippen molar-refractivity contribution in [2.75, 3.05) is 0 Å². The SMILES string of the molecule is CCc1ccc(COc2ccc(CC#N)cc2)s1. The van der Waals surface area contributed by atoms with E-state index in [4.69, 9.17) is 10.00 Å². The van der Waals surface area contributed by atoms with Crippen LogP contribution in [0.15, 0.2) is 36.4 Å². The van der Waals surface area contributed by atoms with Gasteiger partial charge in [0.15, 0.2) is 0 Å². The molecule has 0 spiro atoms. The molecule has 1 aromatic carbocycles. The molecule has 0 unspecified atom stereocenters. The Kier molecular flexibility index (Phi) is 4.38. The van der Waals surface area contributed by atoms with E-state index >= 15 is 0 Å². The minimum Gasteiger partial charge on any atom is -0.488 e. The number of thiophene rings is 1. The molecule has 0 fully saturated rings. The van der Waals surface area contributed by atoms with Crippen LogP contribution in [-0.2, 0) is 19.4 Å². The molecule has 0 saturated carbocycles. The highest BCUT2D eigenvalue weighted by molar-refractivity contribution is 7.11. The second-order valence-electron chi connectivity index (χ2n) is 3.99. The summed E-state index contributed by atoms with van der Waals surface area (Å²) >= 11 is 1.80. The van der Waals surface area contributed by atoms with Gasteiger partial charge >= 0.3 is 0 Å². The zero-order valence-corrected chi connectivity index (χ0v) is 11.2. The van der Waals surface area contributed by atoms with Gasteiger partial charge in [0.2, 0.25) is 0 Å². The lowest BCUT2D eigenvalue weighted by Gasteiger charge is -2.04. The van der Waals surface area contributed by atoms with Gasteiger partial charge in [0.25, 0.3) is 0 Å². The van der Waals surface area contributed by atoms with Crippen molar-refractivity contribution in [1.82, 2.24) is 0 Å². The Bertz CT molecular complexity index is 536. The zero-order chi connectivity index (χ0) is 12.8. The van der Waals surface area contributed by atoms with Gasteiger partial charge in [-0.25, -0.2) is 0 Å². The van der Waals surface area contributed by atoms with E-state index in [0.29, 0.717) is 13.0 Å². The van der Waals surface area contributed by atoms with Gasteiger partial charge in [-0.1, -0.05) is 19.1 Å². The molecule has 92 valence electrons. The van der Waals surface area contributed by atoms with Gasteiger partial charge in [0.05, 0.1) is 12.5 Å². The Morgan fingerprint density at radius 3 is 2.44 bits per heavy atom. The van der Waals surface area contributed by atoms with Crippen molar-refractivity contribution in [1.29, 1.82) is 5.26 Å². The predicted octanol–water partition coefficient (Wildman–Crippen LogP) is 3.96. The Labute approximate surface area is 111 Å². The molecule has 0 saturated heterocycles. The molecule has 1 heterocycles. The molecule has 0 aliphatic rings. The molecule has 2 aromatic rings. The van der Waals surface area contributed by atoms with Crippen LogP contribution in [0, 0.1) is 11.3 Å². The average molecular weight is 257 g/mol. The fourth-order valence-corrected chi connectivity index (χ4v) is 2.51. The molecule has 0 bridgehead atoms. The molecule has 2 nitrogen and oxygen atoms in total. The summed E-state index contributed by atoms with van der Waals surface area (Å²) < 4.78 is 5.71. The standard InChI is InChI=1S/C15H15NOS/c1-2-14-7-8-15(18-14)11-17-13-5-3-12(4-6-13)9-10-16/h3-8H,2,9,11H2,1H3. The third-order valence-corrected chi connectivity index (χ3v) is 3.86. The third kappa shape index (κ3) is 3.35. The number of benzene rings is 1. The van der Waals surface area contributed by atoms with E-state index in [1.54, 1.807) is 11.3 Å². The largest absolute Gasteiger partial charge is 0.488 e. The summed E-state index contributed by atoms with van der Waals surface area (Å²) in [6, 6.07) is 14.1. The quantitative estimate of drug-likeness (QED) is 0.812. The van der Waals surface area contributed by atoms with Crippen LogP contribution in [-0.4, -0.2) is 0 Å². The maximum atomic E-state index is 8.59. The summed E-state index contributed by atoms with van der Waals surface area (Å²) in [4.78, 5) is 2.63. The number of rotatable bonds is 5. The van der Waals surface area contributed by atoms with E-state index in [2.05, 4.69) is 25.1 Å². The molecule has 1 aromatic heterocycles. The van der Waals surface area contributed by atoms with Crippen LogP contribution in [0.3, 0.4) is 0 Å². The second-order valence-corrected chi connectivity index (χ2v) is 5.24. The van der Waals surface area contributed by atoms with Crippen LogP contribution < -0.4 is 4.74 Å². The Morgan fingerprint density at radius 2 is 1.83 bits per heavy atom. The van der Waals surface area contributed by atoms with Crippen molar-refractivity contribution in [3.05, 3.63) is 51.7 Å². The van der Waals surface area contributed by atoms with Gasteiger partial charge in [-0.3, -0.25) is 0 Å². The van der Waals surface area contributed by atoms with E-state index in [1.165, 1.54) is 9.75 Å². The summed E-state index contributed by atoms with van der Waals surface area (Å²) in [5.41, 5.74) is 1.02. The van der Waals surface area contributed by atoms with Crippen LogP contribution in [0.4, 0.5) is 0 Å². The lowest BCUT2D eigenvalue weighted by atomic mass is 10.2. The maximum Gasteiger partial charge on any atom is 0.122 e. The van der Waals surface area contributed by atoms with Gasteiger partial charge in [-0.15, -0.1) is 11.3 Å². The molecule has 0 aliphatic heterocycles. The summed E-state index contributed by atoms with van der Waals surface area (Å²) in [5.74, 6) is 0.850. The average Bonchev–Trinajstić information content (AvgIpc) is 2.86. The molecule has 0 radical (unpaired) electrons. The zero-order valence-electron chi connectivity index (χ0n) is 10.3. The highest BCUT2D eigenvalue weighted by Crippen LogP contribution is 2.20. The van der Waals surface area contributed by atoms with Crippen molar-refractivity contribution in [3.63, 3.8) is 0 Å². The van der Waals surface area contributed by atoms with Crippen LogP contribution in [0.2, 0.25) is 0 Å². The normalized spacial score (nSPS) is 10.0. The number of aryl methyl sites for hydroxylation is 1. The first-order valence-electron chi connectivity index (χ1n) is 5.98. The van der Waals surface area contributed by atoms with Crippen molar-refractivity contribution < 1.29 is 4.74 Å². The summed E-state index contributed by atoms with van der Waals surface area (Å²) in [7, 11) is 0. The fourth-order valence-electron chi connectivity index (χ4n) is 1.64. The van der Waals surface area contributed by atoms with E-state index in [-0.39, 0.29) is 0 Å². The highest BCUT2D eigenvalue weighted by atomic mass is 32.1. The number of nitriles is 1. The Morgan fingerprint density at radius 1 is 1.11 bits per heavy atom. The van der Waals surface area contributed by atoms with Gasteiger partial charge in [0, 0.05) is 9.75 Å². The molecule has 0 N–H and O–H groups in total. The maximum absolute atomic E-state index is 8.59. The van der Waals surface area contributed by atoms with Crippen molar-refractivity contribution in [2.24, 2.45) is 0 Å². The second kappa shape index (κ2) is 6.23. The first kappa shape index (κ1) is 12.7. The molecule has 0 aliphatic carbocycles. The monoisotopic (exact) mass is 257 g/mol. The molecule has 3 heteroatoms. The first-order valence-corrected chi connectivity index (χ1v) is 6.79. The molecular formula is C15H15NOS. The summed E-state index contributed by atoms with van der Waals surface area (Å²) in [6.07, 6.45) is 1.53. The van der Waals surface area contributed by atoms with Crippen molar-refractivity contribution in [2.45, 2.75) is 26.4 Å². The number of ether oxygens (including phenoxy) is 1. The van der Waals surface area contributed by atoms with Crippen molar-refractivity contribution >= 4 is 11.3 Å². The fraction of sp³-hybridized carbons (Fsp3) is 0.267. The highest BCUT2D eigenvalue weighted by Gasteiger charge is 2.00.